The van der Waals surface area contributed by atoms with E-state index in [9.17, 15) is 13.6 Å². The molecule has 2 aromatic rings. The van der Waals surface area contributed by atoms with Crippen molar-refractivity contribution in [1.82, 2.24) is 0 Å². The molecule has 0 aliphatic rings. The molecule has 0 radical (unpaired) electrons. The number of halogens is 2. The monoisotopic (exact) mass is 291 g/mol. The van der Waals surface area contributed by atoms with E-state index in [1.165, 1.54) is 0 Å². The number of anilines is 1. The molecule has 0 atom stereocenters. The van der Waals surface area contributed by atoms with Crippen LogP contribution in [0.5, 0.6) is 5.75 Å². The Morgan fingerprint density at radius 3 is 2.62 bits per heavy atom. The molecule has 0 saturated carbocycles. The van der Waals surface area contributed by atoms with E-state index in [1.54, 1.807) is 6.07 Å². The van der Waals surface area contributed by atoms with Crippen LogP contribution in [0.3, 0.4) is 0 Å². The number of aryl methyl sites for hydroxylation is 2. The van der Waals surface area contributed by atoms with Gasteiger partial charge in [-0.3, -0.25) is 4.79 Å². The fourth-order valence-electron chi connectivity index (χ4n) is 1.88. The fourth-order valence-corrected chi connectivity index (χ4v) is 1.88. The summed E-state index contributed by atoms with van der Waals surface area (Å²) in [5, 5.41) is 2.27. The van der Waals surface area contributed by atoms with E-state index in [-0.39, 0.29) is 12.3 Å². The minimum absolute atomic E-state index is 0.204. The summed E-state index contributed by atoms with van der Waals surface area (Å²) in [6, 6.07) is 8.42. The number of benzene rings is 2. The number of ether oxygens (including phenoxy) is 1. The van der Waals surface area contributed by atoms with Crippen molar-refractivity contribution in [2.24, 2.45) is 0 Å². The van der Waals surface area contributed by atoms with Crippen LogP contribution in [0.4, 0.5) is 14.5 Å². The van der Waals surface area contributed by atoms with Crippen molar-refractivity contribution in [3.8, 4) is 5.75 Å². The largest absolute Gasteiger partial charge is 0.483 e. The van der Waals surface area contributed by atoms with Crippen molar-refractivity contribution in [1.29, 1.82) is 0 Å². The first-order chi connectivity index (χ1) is 9.95. The van der Waals surface area contributed by atoms with Crippen LogP contribution in [-0.4, -0.2) is 12.5 Å². The minimum Gasteiger partial charge on any atom is -0.483 e. The van der Waals surface area contributed by atoms with Gasteiger partial charge in [-0.15, -0.1) is 0 Å². The van der Waals surface area contributed by atoms with Crippen LogP contribution in [0.2, 0.25) is 0 Å². The van der Waals surface area contributed by atoms with E-state index >= 15 is 0 Å². The Kier molecular flexibility index (Phi) is 4.52. The van der Waals surface area contributed by atoms with Crippen LogP contribution < -0.4 is 10.1 Å². The Hall–Kier alpha value is -2.43. The first kappa shape index (κ1) is 15.0. The normalized spacial score (nSPS) is 10.3. The van der Waals surface area contributed by atoms with Gasteiger partial charge in [-0.25, -0.2) is 8.78 Å². The maximum atomic E-state index is 13.4. The molecule has 3 nitrogen and oxygen atoms in total. The van der Waals surface area contributed by atoms with Crippen molar-refractivity contribution >= 4 is 11.6 Å². The standard InChI is InChI=1S/C16H15F2NO2/c1-10-3-6-15(11(2)7-10)21-9-16(20)19-14-8-12(17)4-5-13(14)18/h3-8H,9H2,1-2H3,(H,19,20). The van der Waals surface area contributed by atoms with Gasteiger partial charge in [-0.1, -0.05) is 17.7 Å². The molecule has 21 heavy (non-hydrogen) atoms. The van der Waals surface area contributed by atoms with Gasteiger partial charge in [0.25, 0.3) is 5.91 Å². The fraction of sp³-hybridized carbons (Fsp3) is 0.188. The first-order valence-corrected chi connectivity index (χ1v) is 6.40. The molecule has 0 aromatic heterocycles. The van der Waals surface area contributed by atoms with Gasteiger partial charge < -0.3 is 10.1 Å². The summed E-state index contributed by atoms with van der Waals surface area (Å²) in [5.74, 6) is -1.30. The second-order valence-electron chi connectivity index (χ2n) is 4.73. The van der Waals surface area contributed by atoms with Gasteiger partial charge >= 0.3 is 0 Å². The number of nitrogens with one attached hydrogen (secondary N) is 1. The Labute approximate surface area is 121 Å². The van der Waals surface area contributed by atoms with Gasteiger partial charge in [0, 0.05) is 6.07 Å². The van der Waals surface area contributed by atoms with Gasteiger partial charge in [-0.05, 0) is 37.6 Å². The van der Waals surface area contributed by atoms with Crippen LogP contribution in [0.15, 0.2) is 36.4 Å². The third-order valence-corrected chi connectivity index (χ3v) is 2.89. The quantitative estimate of drug-likeness (QED) is 0.934. The number of amides is 1. The van der Waals surface area contributed by atoms with Crippen LogP contribution in [-0.2, 0) is 4.79 Å². The highest BCUT2D eigenvalue weighted by Gasteiger charge is 2.09. The minimum atomic E-state index is -0.698. The molecule has 1 N–H and O–H groups in total. The molecule has 110 valence electrons. The maximum Gasteiger partial charge on any atom is 0.262 e. The van der Waals surface area contributed by atoms with E-state index in [4.69, 9.17) is 4.74 Å². The number of carbonyl (C=O) groups is 1. The lowest BCUT2D eigenvalue weighted by molar-refractivity contribution is -0.118. The predicted molar refractivity (Wildman–Crippen MR) is 76.4 cm³/mol. The Morgan fingerprint density at radius 1 is 1.14 bits per heavy atom. The molecule has 0 aliphatic heterocycles. The molecule has 0 bridgehead atoms. The number of rotatable bonds is 4. The smallest absolute Gasteiger partial charge is 0.262 e. The second-order valence-corrected chi connectivity index (χ2v) is 4.73. The van der Waals surface area contributed by atoms with Gasteiger partial charge in [0.1, 0.15) is 17.4 Å². The van der Waals surface area contributed by atoms with E-state index < -0.39 is 17.5 Å². The number of hydrogen-bond acceptors (Lipinski definition) is 2. The highest BCUT2D eigenvalue weighted by atomic mass is 19.1. The van der Waals surface area contributed by atoms with Crippen LogP contribution in [0.1, 0.15) is 11.1 Å². The molecule has 0 unspecified atom stereocenters. The van der Waals surface area contributed by atoms with E-state index in [0.29, 0.717) is 5.75 Å². The molecule has 0 spiro atoms. The second kappa shape index (κ2) is 6.35. The summed E-state index contributed by atoms with van der Waals surface area (Å²) in [5.41, 5.74) is 1.79. The lowest BCUT2D eigenvalue weighted by Gasteiger charge is -2.10. The molecular formula is C16H15F2NO2. The number of hydrogen-bond donors (Lipinski definition) is 1. The molecule has 2 rings (SSSR count). The number of carbonyl (C=O) groups excluding carboxylic acids is 1. The zero-order valence-electron chi connectivity index (χ0n) is 11.7. The molecule has 0 saturated heterocycles. The summed E-state index contributed by atoms with van der Waals surface area (Å²) in [6.45, 7) is 3.54. The molecule has 1 amide bonds. The van der Waals surface area contributed by atoms with Crippen molar-refractivity contribution in [3.63, 3.8) is 0 Å². The van der Waals surface area contributed by atoms with Gasteiger partial charge in [0.2, 0.25) is 0 Å². The average Bonchev–Trinajstić information content (AvgIpc) is 2.42. The SMILES string of the molecule is Cc1ccc(OCC(=O)Nc2cc(F)ccc2F)c(C)c1. The lowest BCUT2D eigenvalue weighted by atomic mass is 10.1. The Morgan fingerprint density at radius 2 is 1.90 bits per heavy atom. The highest BCUT2D eigenvalue weighted by molar-refractivity contribution is 5.92. The highest BCUT2D eigenvalue weighted by Crippen LogP contribution is 2.19. The molecule has 5 heteroatoms. The van der Waals surface area contributed by atoms with Gasteiger partial charge in [0.15, 0.2) is 6.61 Å². The summed E-state index contributed by atoms with van der Waals surface area (Å²) in [7, 11) is 0. The summed E-state index contributed by atoms with van der Waals surface area (Å²) < 4.78 is 31.7. The van der Waals surface area contributed by atoms with Gasteiger partial charge in [0.05, 0.1) is 5.69 Å². The van der Waals surface area contributed by atoms with Crippen LogP contribution in [0, 0.1) is 25.5 Å². The van der Waals surface area contributed by atoms with E-state index in [1.807, 2.05) is 26.0 Å². The van der Waals surface area contributed by atoms with Crippen molar-refractivity contribution in [2.45, 2.75) is 13.8 Å². The lowest BCUT2D eigenvalue weighted by Crippen LogP contribution is -2.21. The first-order valence-electron chi connectivity index (χ1n) is 6.40. The third kappa shape index (κ3) is 4.02. The molecule has 2 aromatic carbocycles. The maximum absolute atomic E-state index is 13.4. The summed E-state index contributed by atoms with van der Waals surface area (Å²) in [4.78, 5) is 11.7. The molecule has 0 fully saturated rings. The van der Waals surface area contributed by atoms with Crippen molar-refractivity contribution in [3.05, 3.63) is 59.2 Å². The molecule has 0 heterocycles. The zero-order valence-corrected chi connectivity index (χ0v) is 11.7. The predicted octanol–water partition coefficient (Wildman–Crippen LogP) is 3.60. The zero-order chi connectivity index (χ0) is 15.4. The molecular weight excluding hydrogens is 276 g/mol. The van der Waals surface area contributed by atoms with Crippen LogP contribution in [0.25, 0.3) is 0 Å². The van der Waals surface area contributed by atoms with E-state index in [2.05, 4.69) is 5.32 Å². The summed E-state index contributed by atoms with van der Waals surface area (Å²) >= 11 is 0. The summed E-state index contributed by atoms with van der Waals surface area (Å²) in [6.07, 6.45) is 0. The van der Waals surface area contributed by atoms with E-state index in [0.717, 1.165) is 29.3 Å². The Bertz CT molecular complexity index is 671. The van der Waals surface area contributed by atoms with Gasteiger partial charge in [-0.2, -0.15) is 0 Å². The van der Waals surface area contributed by atoms with Crippen LogP contribution >= 0.6 is 0 Å². The van der Waals surface area contributed by atoms with Crippen molar-refractivity contribution in [2.75, 3.05) is 11.9 Å². The Balaban J connectivity index is 1.97. The van der Waals surface area contributed by atoms with Crippen molar-refractivity contribution < 1.29 is 18.3 Å². The topological polar surface area (TPSA) is 38.3 Å². The third-order valence-electron chi connectivity index (χ3n) is 2.89. The molecule has 0 aliphatic carbocycles. The average molecular weight is 291 g/mol.